The van der Waals surface area contributed by atoms with Crippen LogP contribution in [0, 0.1) is 18.3 Å². The number of nitrogen functional groups attached to an aromatic ring is 1. The number of aliphatic hydroxyl groups excluding tert-OH is 1. The zero-order chi connectivity index (χ0) is 24.1. The van der Waals surface area contributed by atoms with Crippen LogP contribution in [-0.2, 0) is 9.59 Å². The molecule has 9 nitrogen and oxygen atoms in total. The third-order valence-electron chi connectivity index (χ3n) is 5.03. The number of amides is 1. The summed E-state index contributed by atoms with van der Waals surface area (Å²) < 4.78 is 0. The molecule has 0 spiro atoms. The summed E-state index contributed by atoms with van der Waals surface area (Å²) >= 11 is 0. The fraction of sp³-hybridized carbons (Fsp3) is 0.167. The van der Waals surface area contributed by atoms with Gasteiger partial charge in [0, 0.05) is 22.8 Å². The first-order valence-corrected chi connectivity index (χ1v) is 10.00. The van der Waals surface area contributed by atoms with Crippen molar-refractivity contribution in [3.63, 3.8) is 0 Å². The second-order valence-electron chi connectivity index (χ2n) is 7.39. The van der Waals surface area contributed by atoms with Crippen molar-refractivity contribution in [2.75, 3.05) is 11.1 Å². The molecule has 10 heteroatoms. The molecule has 3 aromatic rings. The number of benzene rings is 2. The summed E-state index contributed by atoms with van der Waals surface area (Å²) in [6.07, 6.45) is -2.25. The van der Waals surface area contributed by atoms with Gasteiger partial charge in [0.2, 0.25) is 0 Å². The monoisotopic (exact) mass is 468 g/mol. The number of nitrogens with zero attached hydrogens (tertiary/aromatic N) is 2. The maximum Gasteiger partial charge on any atom is 1.00 e. The van der Waals surface area contributed by atoms with Crippen LogP contribution in [0.4, 0.5) is 11.5 Å². The molecule has 3 rings (SSSR count). The molecule has 0 aliphatic heterocycles. The smallest absolute Gasteiger partial charge is 0.550 e. The summed E-state index contributed by atoms with van der Waals surface area (Å²) in [5.41, 5.74) is 9.11. The Morgan fingerprint density at radius 3 is 2.59 bits per heavy atom. The molecule has 0 saturated heterocycles. The summed E-state index contributed by atoms with van der Waals surface area (Å²) in [7, 11) is 0. The molecule has 1 aromatic heterocycles. The van der Waals surface area contributed by atoms with Gasteiger partial charge in [0.05, 0.1) is 5.69 Å². The van der Waals surface area contributed by atoms with Crippen molar-refractivity contribution < 1.29 is 54.5 Å². The van der Waals surface area contributed by atoms with Gasteiger partial charge < -0.3 is 31.2 Å². The number of carbonyl (C=O) groups excluding carboxylic acids is 2. The number of hydrogen-bond donors (Lipinski definition) is 4. The van der Waals surface area contributed by atoms with E-state index in [1.54, 1.807) is 36.4 Å². The van der Waals surface area contributed by atoms with E-state index in [2.05, 4.69) is 10.3 Å². The van der Waals surface area contributed by atoms with Gasteiger partial charge in [0.15, 0.2) is 0 Å². The van der Waals surface area contributed by atoms with E-state index in [1.807, 2.05) is 19.1 Å². The van der Waals surface area contributed by atoms with Crippen LogP contribution in [0.1, 0.15) is 24.0 Å². The van der Waals surface area contributed by atoms with Crippen LogP contribution in [0.3, 0.4) is 0 Å². The first-order valence-electron chi connectivity index (χ1n) is 10.00. The molecule has 1 heterocycles. The molecule has 0 fully saturated rings. The fourth-order valence-electron chi connectivity index (χ4n) is 3.40. The molecule has 0 radical (unpaired) electrons. The fourth-order valence-corrected chi connectivity index (χ4v) is 3.40. The number of nitrogens with two attached hydrogens (primary N) is 1. The number of aryl methyl sites for hydroxylation is 1. The zero-order valence-corrected chi connectivity index (χ0v) is 20.7. The van der Waals surface area contributed by atoms with E-state index in [4.69, 9.17) is 5.73 Å². The second kappa shape index (κ2) is 11.6. The Morgan fingerprint density at radius 2 is 1.94 bits per heavy atom. The number of nitrogens with one attached hydrogen (secondary N) is 1. The number of nitriles is 1. The van der Waals surface area contributed by atoms with Gasteiger partial charge in [-0.3, -0.25) is 4.79 Å². The summed E-state index contributed by atoms with van der Waals surface area (Å²) in [6.45, 7) is 1.81. The van der Waals surface area contributed by atoms with Gasteiger partial charge in [-0.1, -0.05) is 24.3 Å². The van der Waals surface area contributed by atoms with E-state index in [9.17, 15) is 30.2 Å². The molecule has 2 aromatic carbocycles. The minimum atomic E-state index is -1.52. The van der Waals surface area contributed by atoms with Crippen LogP contribution in [0.2, 0.25) is 0 Å². The molecule has 5 N–H and O–H groups in total. The Bertz CT molecular complexity index is 1250. The van der Waals surface area contributed by atoms with Crippen molar-refractivity contribution in [3.8, 4) is 34.2 Å². The SMILES string of the molecule is Cc1cccc(O)c1-c1cc(-c2cccc(NC(=O)C(O)CCC(=O)[O-])c2)c(C#N)c(N)n1.[Na+]. The number of phenols is 1. The van der Waals surface area contributed by atoms with Crippen molar-refractivity contribution in [2.24, 2.45) is 0 Å². The maximum absolute atomic E-state index is 12.2. The van der Waals surface area contributed by atoms with Gasteiger partial charge in [-0.15, -0.1) is 0 Å². The van der Waals surface area contributed by atoms with E-state index >= 15 is 0 Å². The Labute approximate surface area is 218 Å². The molecule has 1 amide bonds. The van der Waals surface area contributed by atoms with E-state index in [-0.39, 0.29) is 53.1 Å². The molecular weight excluding hydrogens is 447 g/mol. The normalized spacial score (nSPS) is 11.1. The number of aliphatic carboxylic acids is 1. The molecular formula is C24H21N4NaO5. The number of hydrogen-bond acceptors (Lipinski definition) is 8. The number of aromatic hydroxyl groups is 1. The summed E-state index contributed by atoms with van der Waals surface area (Å²) in [6, 6.07) is 15.2. The van der Waals surface area contributed by atoms with Crippen LogP contribution in [-0.4, -0.2) is 33.2 Å². The Hall–Kier alpha value is -3.42. The van der Waals surface area contributed by atoms with E-state index in [0.717, 1.165) is 5.56 Å². The van der Waals surface area contributed by atoms with Gasteiger partial charge in [-0.2, -0.15) is 5.26 Å². The maximum atomic E-state index is 12.2. The number of aliphatic hydroxyl groups is 1. The number of carboxylic acid groups (broad SMARTS) is 1. The predicted molar refractivity (Wildman–Crippen MR) is 120 cm³/mol. The van der Waals surface area contributed by atoms with Crippen molar-refractivity contribution in [3.05, 3.63) is 59.7 Å². The van der Waals surface area contributed by atoms with Gasteiger partial charge >= 0.3 is 29.6 Å². The number of rotatable bonds is 7. The largest absolute Gasteiger partial charge is 1.00 e. The molecule has 0 aliphatic carbocycles. The minimum Gasteiger partial charge on any atom is -0.550 e. The molecule has 0 aliphatic rings. The Kier molecular flexibility index (Phi) is 9.18. The van der Waals surface area contributed by atoms with Crippen molar-refractivity contribution >= 4 is 23.4 Å². The number of carboxylic acids is 1. The molecule has 1 unspecified atom stereocenters. The first kappa shape index (κ1) is 26.8. The summed E-state index contributed by atoms with van der Waals surface area (Å²) in [4.78, 5) is 27.0. The van der Waals surface area contributed by atoms with Gasteiger partial charge in [0.1, 0.15) is 29.3 Å². The zero-order valence-electron chi connectivity index (χ0n) is 18.7. The quantitative estimate of drug-likeness (QED) is 0.310. The minimum absolute atomic E-state index is 0. The van der Waals surface area contributed by atoms with E-state index < -0.39 is 24.4 Å². The van der Waals surface area contributed by atoms with Crippen molar-refractivity contribution in [2.45, 2.75) is 25.9 Å². The number of anilines is 2. The second-order valence-corrected chi connectivity index (χ2v) is 7.39. The molecule has 168 valence electrons. The van der Waals surface area contributed by atoms with Crippen molar-refractivity contribution in [1.29, 1.82) is 5.26 Å². The summed E-state index contributed by atoms with van der Waals surface area (Å²) in [5.74, 6) is -2.13. The van der Waals surface area contributed by atoms with Gasteiger partial charge in [-0.05, 0) is 55.2 Å². The number of pyridine rings is 1. The Balaban J connectivity index is 0.00000408. The predicted octanol–water partition coefficient (Wildman–Crippen LogP) is -1.28. The number of carbonyl (C=O) groups is 2. The average Bonchev–Trinajstić information content (AvgIpc) is 2.77. The first-order chi connectivity index (χ1) is 15.7. The average molecular weight is 468 g/mol. The summed E-state index contributed by atoms with van der Waals surface area (Å²) in [5, 5.41) is 42.9. The van der Waals surface area contributed by atoms with Crippen LogP contribution >= 0.6 is 0 Å². The number of aromatic nitrogens is 1. The van der Waals surface area contributed by atoms with Gasteiger partial charge in [0.25, 0.3) is 5.91 Å². The molecule has 1 atom stereocenters. The van der Waals surface area contributed by atoms with Crippen LogP contribution in [0.5, 0.6) is 5.75 Å². The molecule has 34 heavy (non-hydrogen) atoms. The van der Waals surface area contributed by atoms with E-state index in [1.165, 1.54) is 6.07 Å². The standard InChI is InChI=1S/C24H22N4O5.Na/c1-13-4-2-7-19(29)22(13)18-11-16(17(12-25)23(26)28-18)14-5-3-6-15(10-14)27-24(33)20(30)8-9-21(31)32;/h2-7,10-11,20,29-30H,8-9H2,1H3,(H2,26,28)(H,27,33)(H,31,32);/q;+1/p-1. The van der Waals surface area contributed by atoms with Gasteiger partial charge in [-0.25, -0.2) is 4.98 Å². The third-order valence-corrected chi connectivity index (χ3v) is 5.03. The number of phenolic OH excluding ortho intramolecular Hbond substituents is 1. The van der Waals surface area contributed by atoms with Crippen LogP contribution < -0.4 is 45.7 Å². The Morgan fingerprint density at radius 1 is 1.24 bits per heavy atom. The van der Waals surface area contributed by atoms with Crippen molar-refractivity contribution in [1.82, 2.24) is 4.98 Å². The van der Waals surface area contributed by atoms with Crippen LogP contribution in [0.25, 0.3) is 22.4 Å². The third kappa shape index (κ3) is 6.12. The molecule has 0 saturated carbocycles. The topological polar surface area (TPSA) is 172 Å². The van der Waals surface area contributed by atoms with E-state index in [0.29, 0.717) is 28.1 Å². The van der Waals surface area contributed by atoms with Crippen LogP contribution in [0.15, 0.2) is 48.5 Å². The molecule has 0 bridgehead atoms.